The molecule has 1 aromatic heterocycles. The van der Waals surface area contributed by atoms with Gasteiger partial charge in [0.05, 0.1) is 12.7 Å². The van der Waals surface area contributed by atoms with E-state index in [2.05, 4.69) is 5.32 Å². The van der Waals surface area contributed by atoms with Gasteiger partial charge >= 0.3 is 0 Å². The first-order chi connectivity index (χ1) is 11.5. The Bertz CT molecular complexity index is 750. The third-order valence-corrected chi connectivity index (χ3v) is 3.63. The highest BCUT2D eigenvalue weighted by Crippen LogP contribution is 2.11. The van der Waals surface area contributed by atoms with Crippen molar-refractivity contribution in [2.75, 3.05) is 0 Å². The van der Waals surface area contributed by atoms with Crippen LogP contribution in [0.1, 0.15) is 30.5 Å². The molecule has 2 aromatic rings. The van der Waals surface area contributed by atoms with E-state index in [1.54, 1.807) is 6.20 Å². The first kappa shape index (κ1) is 17.9. The van der Waals surface area contributed by atoms with Gasteiger partial charge in [-0.2, -0.15) is 0 Å². The smallest absolute Gasteiger partial charge is 0.251 e. The molecule has 1 heterocycles. The van der Waals surface area contributed by atoms with E-state index < -0.39 is 0 Å². The van der Waals surface area contributed by atoms with Gasteiger partial charge in [0.1, 0.15) is 6.54 Å². The standard InChI is InChI=1S/C19H24N2O3/c1-14(2)24-13-17-7-5-4-6-16(17)11-20-18(22)12-21-9-8-15(3)10-19(21)23/h4-10,14H,11-13H2,1-3H3,(H,20,22). The van der Waals surface area contributed by atoms with Gasteiger partial charge in [0, 0.05) is 18.8 Å². The molecule has 0 aliphatic carbocycles. The largest absolute Gasteiger partial charge is 0.374 e. The van der Waals surface area contributed by atoms with Gasteiger partial charge in [-0.15, -0.1) is 0 Å². The Morgan fingerprint density at radius 3 is 2.58 bits per heavy atom. The number of carbonyl (C=O) groups excluding carboxylic acids is 1. The summed E-state index contributed by atoms with van der Waals surface area (Å²) < 4.78 is 7.04. The summed E-state index contributed by atoms with van der Waals surface area (Å²) in [6.07, 6.45) is 1.79. The maximum absolute atomic E-state index is 12.1. The van der Waals surface area contributed by atoms with E-state index in [0.717, 1.165) is 16.7 Å². The highest BCUT2D eigenvalue weighted by Gasteiger charge is 2.07. The molecule has 0 aliphatic rings. The van der Waals surface area contributed by atoms with Crippen molar-refractivity contribution in [2.24, 2.45) is 0 Å². The van der Waals surface area contributed by atoms with Gasteiger partial charge in [0.25, 0.3) is 5.56 Å². The Balaban J connectivity index is 1.95. The lowest BCUT2D eigenvalue weighted by Gasteiger charge is -2.13. The zero-order valence-electron chi connectivity index (χ0n) is 14.4. The van der Waals surface area contributed by atoms with E-state index in [0.29, 0.717) is 13.2 Å². The summed E-state index contributed by atoms with van der Waals surface area (Å²) in [7, 11) is 0. The summed E-state index contributed by atoms with van der Waals surface area (Å²) in [6, 6.07) is 11.2. The minimum absolute atomic E-state index is 0.0176. The number of amides is 1. The quantitative estimate of drug-likeness (QED) is 0.849. The summed E-state index contributed by atoms with van der Waals surface area (Å²) in [5, 5.41) is 2.86. The van der Waals surface area contributed by atoms with Crippen LogP contribution in [0, 0.1) is 6.92 Å². The van der Waals surface area contributed by atoms with Gasteiger partial charge in [-0.25, -0.2) is 0 Å². The van der Waals surface area contributed by atoms with Crippen LogP contribution < -0.4 is 10.9 Å². The van der Waals surface area contributed by atoms with E-state index in [1.165, 1.54) is 10.6 Å². The number of nitrogens with one attached hydrogen (secondary N) is 1. The average molecular weight is 328 g/mol. The minimum Gasteiger partial charge on any atom is -0.374 e. The predicted octanol–water partition coefficient (Wildman–Crippen LogP) is 2.40. The third kappa shape index (κ3) is 5.35. The number of nitrogens with zero attached hydrogens (tertiary/aromatic N) is 1. The van der Waals surface area contributed by atoms with Crippen LogP contribution in [0.3, 0.4) is 0 Å². The average Bonchev–Trinajstić information content (AvgIpc) is 2.54. The summed E-state index contributed by atoms with van der Waals surface area (Å²) in [4.78, 5) is 23.9. The Kier molecular flexibility index (Phi) is 6.32. The molecule has 1 amide bonds. The number of pyridine rings is 1. The van der Waals surface area contributed by atoms with Crippen LogP contribution in [0.25, 0.3) is 0 Å². The first-order valence-corrected chi connectivity index (χ1v) is 8.08. The summed E-state index contributed by atoms with van der Waals surface area (Å²) in [5.74, 6) is -0.194. The molecule has 5 heteroatoms. The molecule has 0 saturated carbocycles. The van der Waals surface area contributed by atoms with Crippen LogP contribution in [0.4, 0.5) is 0 Å². The van der Waals surface area contributed by atoms with Gasteiger partial charge < -0.3 is 14.6 Å². The summed E-state index contributed by atoms with van der Waals surface area (Å²) >= 11 is 0. The fourth-order valence-corrected chi connectivity index (χ4v) is 2.27. The lowest BCUT2D eigenvalue weighted by molar-refractivity contribution is -0.121. The van der Waals surface area contributed by atoms with E-state index in [1.807, 2.05) is 51.1 Å². The predicted molar refractivity (Wildman–Crippen MR) is 93.7 cm³/mol. The van der Waals surface area contributed by atoms with Gasteiger partial charge in [-0.05, 0) is 43.5 Å². The molecule has 0 aliphatic heterocycles. The maximum Gasteiger partial charge on any atom is 0.251 e. The van der Waals surface area contributed by atoms with E-state index in [9.17, 15) is 9.59 Å². The van der Waals surface area contributed by atoms with Crippen molar-refractivity contribution in [2.45, 2.75) is 46.6 Å². The molecule has 0 unspecified atom stereocenters. The SMILES string of the molecule is Cc1ccn(CC(=O)NCc2ccccc2COC(C)C)c(=O)c1. The topological polar surface area (TPSA) is 60.3 Å². The zero-order valence-corrected chi connectivity index (χ0v) is 14.4. The maximum atomic E-state index is 12.1. The number of rotatable bonds is 7. The molecule has 0 radical (unpaired) electrons. The lowest BCUT2D eigenvalue weighted by atomic mass is 10.1. The molecule has 1 N–H and O–H groups in total. The van der Waals surface area contributed by atoms with Crippen LogP contribution >= 0.6 is 0 Å². The molecule has 1 aromatic carbocycles. The second-order valence-electron chi connectivity index (χ2n) is 6.08. The molecular weight excluding hydrogens is 304 g/mol. The monoisotopic (exact) mass is 328 g/mol. The molecule has 0 bridgehead atoms. The number of aromatic nitrogens is 1. The number of carbonyl (C=O) groups is 1. The van der Waals surface area contributed by atoms with Crippen molar-refractivity contribution in [1.29, 1.82) is 0 Å². The fraction of sp³-hybridized carbons (Fsp3) is 0.368. The Hall–Kier alpha value is -2.40. The molecule has 24 heavy (non-hydrogen) atoms. The molecule has 5 nitrogen and oxygen atoms in total. The van der Waals surface area contributed by atoms with Crippen LogP contribution in [0.5, 0.6) is 0 Å². The number of hydrogen-bond acceptors (Lipinski definition) is 3. The highest BCUT2D eigenvalue weighted by molar-refractivity contribution is 5.75. The van der Waals surface area contributed by atoms with Crippen molar-refractivity contribution in [3.8, 4) is 0 Å². The Morgan fingerprint density at radius 2 is 1.92 bits per heavy atom. The number of aryl methyl sites for hydroxylation is 1. The second-order valence-corrected chi connectivity index (χ2v) is 6.08. The van der Waals surface area contributed by atoms with Crippen LogP contribution in [0.15, 0.2) is 47.4 Å². The Labute approximate surface area is 142 Å². The van der Waals surface area contributed by atoms with Gasteiger partial charge in [0.2, 0.25) is 5.91 Å². The third-order valence-electron chi connectivity index (χ3n) is 3.63. The van der Waals surface area contributed by atoms with Crippen LogP contribution in [0.2, 0.25) is 0 Å². The summed E-state index contributed by atoms with van der Waals surface area (Å²) in [6.45, 7) is 6.78. The van der Waals surface area contributed by atoms with Gasteiger partial charge in [-0.1, -0.05) is 24.3 Å². The van der Waals surface area contributed by atoms with Crippen molar-refractivity contribution in [1.82, 2.24) is 9.88 Å². The zero-order chi connectivity index (χ0) is 17.5. The summed E-state index contributed by atoms with van der Waals surface area (Å²) in [5.41, 5.74) is 2.79. The van der Waals surface area contributed by atoms with Gasteiger partial charge in [0.15, 0.2) is 0 Å². The van der Waals surface area contributed by atoms with Crippen molar-refractivity contribution < 1.29 is 9.53 Å². The van der Waals surface area contributed by atoms with Crippen molar-refractivity contribution >= 4 is 5.91 Å². The van der Waals surface area contributed by atoms with Crippen molar-refractivity contribution in [3.63, 3.8) is 0 Å². The molecule has 0 spiro atoms. The molecule has 2 rings (SSSR count). The number of benzene rings is 1. The van der Waals surface area contributed by atoms with Crippen LogP contribution in [-0.4, -0.2) is 16.6 Å². The number of hydrogen-bond donors (Lipinski definition) is 1. The molecule has 0 atom stereocenters. The molecular formula is C19H24N2O3. The van der Waals surface area contributed by atoms with E-state index in [-0.39, 0.29) is 24.1 Å². The fourth-order valence-electron chi connectivity index (χ4n) is 2.27. The second kappa shape index (κ2) is 8.45. The highest BCUT2D eigenvalue weighted by atomic mass is 16.5. The lowest BCUT2D eigenvalue weighted by Crippen LogP contribution is -2.31. The molecule has 128 valence electrons. The van der Waals surface area contributed by atoms with E-state index >= 15 is 0 Å². The van der Waals surface area contributed by atoms with Crippen molar-refractivity contribution in [3.05, 3.63) is 69.6 Å². The van der Waals surface area contributed by atoms with Crippen LogP contribution in [-0.2, 0) is 29.2 Å². The number of ether oxygens (including phenoxy) is 1. The normalized spacial score (nSPS) is 10.8. The Morgan fingerprint density at radius 1 is 1.21 bits per heavy atom. The van der Waals surface area contributed by atoms with E-state index in [4.69, 9.17) is 4.74 Å². The molecule has 0 fully saturated rings. The minimum atomic E-state index is -0.194. The molecule has 0 saturated heterocycles. The van der Waals surface area contributed by atoms with Gasteiger partial charge in [-0.3, -0.25) is 9.59 Å². The first-order valence-electron chi connectivity index (χ1n) is 8.08.